The topological polar surface area (TPSA) is 80.0 Å². The largest absolute Gasteiger partial charge is 0.502 e. The van der Waals surface area contributed by atoms with Gasteiger partial charge in [-0.05, 0) is 24.6 Å². The van der Waals surface area contributed by atoms with Gasteiger partial charge < -0.3 is 14.3 Å². The highest BCUT2D eigenvalue weighted by molar-refractivity contribution is 5.71. The average molecular weight is 335 g/mol. The molecule has 6 nitrogen and oxygen atoms in total. The fourth-order valence-corrected chi connectivity index (χ4v) is 2.15. The molecule has 0 unspecified atom stereocenters. The van der Waals surface area contributed by atoms with Crippen LogP contribution in [0.15, 0.2) is 45.8 Å². The predicted molar refractivity (Wildman–Crippen MR) is 83.8 cm³/mol. The summed E-state index contributed by atoms with van der Waals surface area (Å²) in [5.41, 5.74) is 0.232. The summed E-state index contributed by atoms with van der Waals surface area (Å²) in [4.78, 5) is 24.9. The molecule has 1 aromatic heterocycles. The van der Waals surface area contributed by atoms with E-state index in [0.29, 0.717) is 12.3 Å². The summed E-state index contributed by atoms with van der Waals surface area (Å²) >= 11 is 0. The molecule has 0 radical (unpaired) electrons. The van der Waals surface area contributed by atoms with Crippen LogP contribution in [0.5, 0.6) is 5.75 Å². The van der Waals surface area contributed by atoms with E-state index >= 15 is 0 Å². The Balaban J connectivity index is 2.14. The van der Waals surface area contributed by atoms with Crippen LogP contribution in [0.4, 0.5) is 4.39 Å². The lowest BCUT2D eigenvalue weighted by Gasteiger charge is -2.20. The molecule has 7 heteroatoms. The zero-order chi connectivity index (χ0) is 17.5. The van der Waals surface area contributed by atoms with Gasteiger partial charge in [0.2, 0.25) is 5.43 Å². The highest BCUT2D eigenvalue weighted by atomic mass is 19.1. The van der Waals surface area contributed by atoms with Crippen LogP contribution in [0.2, 0.25) is 0 Å². The SMILES string of the molecule is CCOC(=O)CN(Cc1ccc(F)cc1)Cc1cc(=O)c(O)co1. The summed E-state index contributed by atoms with van der Waals surface area (Å²) in [5.74, 6) is -0.945. The standard InChI is InChI=1S/C17H18FNO5/c1-2-23-17(22)10-19(8-12-3-5-13(18)6-4-12)9-14-7-15(20)16(21)11-24-14/h3-7,11,21H,2,8-10H2,1H3. The van der Waals surface area contributed by atoms with Gasteiger partial charge in [0, 0.05) is 12.6 Å². The quantitative estimate of drug-likeness (QED) is 0.780. The van der Waals surface area contributed by atoms with Crippen molar-refractivity contribution in [2.75, 3.05) is 13.2 Å². The van der Waals surface area contributed by atoms with Crippen LogP contribution in [0.25, 0.3) is 0 Å². The molecule has 2 rings (SSSR count). The van der Waals surface area contributed by atoms with E-state index in [1.165, 1.54) is 12.1 Å². The van der Waals surface area contributed by atoms with Gasteiger partial charge in [-0.3, -0.25) is 14.5 Å². The minimum atomic E-state index is -0.561. The van der Waals surface area contributed by atoms with Crippen molar-refractivity contribution in [1.82, 2.24) is 4.90 Å². The lowest BCUT2D eigenvalue weighted by atomic mass is 10.2. The molecule has 0 aliphatic rings. The number of carbonyl (C=O) groups excluding carboxylic acids is 1. The molecule has 0 aliphatic heterocycles. The minimum Gasteiger partial charge on any atom is -0.502 e. The highest BCUT2D eigenvalue weighted by Gasteiger charge is 2.15. The van der Waals surface area contributed by atoms with Gasteiger partial charge in [0.25, 0.3) is 0 Å². The van der Waals surface area contributed by atoms with E-state index in [2.05, 4.69) is 0 Å². The summed E-state index contributed by atoms with van der Waals surface area (Å²) in [6.45, 7) is 2.45. The van der Waals surface area contributed by atoms with Crippen LogP contribution in [0.1, 0.15) is 18.2 Å². The second-order valence-corrected chi connectivity index (χ2v) is 5.17. The highest BCUT2D eigenvalue weighted by Crippen LogP contribution is 2.12. The molecule has 0 atom stereocenters. The van der Waals surface area contributed by atoms with Crippen LogP contribution in [-0.2, 0) is 22.6 Å². The average Bonchev–Trinajstić information content (AvgIpc) is 2.53. The number of esters is 1. The summed E-state index contributed by atoms with van der Waals surface area (Å²) in [7, 11) is 0. The zero-order valence-corrected chi connectivity index (χ0v) is 13.2. The minimum absolute atomic E-state index is 0.0181. The molecule has 0 aliphatic carbocycles. The van der Waals surface area contributed by atoms with Gasteiger partial charge in [-0.2, -0.15) is 0 Å². The molecule has 0 bridgehead atoms. The van der Waals surface area contributed by atoms with Crippen molar-refractivity contribution in [2.24, 2.45) is 0 Å². The number of hydrogen-bond acceptors (Lipinski definition) is 6. The van der Waals surface area contributed by atoms with Crippen LogP contribution >= 0.6 is 0 Å². The van der Waals surface area contributed by atoms with E-state index in [4.69, 9.17) is 9.15 Å². The Morgan fingerprint density at radius 1 is 1.29 bits per heavy atom. The lowest BCUT2D eigenvalue weighted by Crippen LogP contribution is -2.30. The van der Waals surface area contributed by atoms with Gasteiger partial charge in [0.15, 0.2) is 5.75 Å². The van der Waals surface area contributed by atoms with Crippen LogP contribution < -0.4 is 5.43 Å². The van der Waals surface area contributed by atoms with Gasteiger partial charge >= 0.3 is 5.97 Å². The third kappa shape index (κ3) is 5.20. The second kappa shape index (κ2) is 8.26. The molecular formula is C17H18FNO5. The van der Waals surface area contributed by atoms with Gasteiger partial charge in [-0.15, -0.1) is 0 Å². The smallest absolute Gasteiger partial charge is 0.320 e. The Morgan fingerprint density at radius 3 is 2.62 bits per heavy atom. The number of carbonyl (C=O) groups is 1. The van der Waals surface area contributed by atoms with E-state index < -0.39 is 17.1 Å². The fraction of sp³-hybridized carbons (Fsp3) is 0.294. The van der Waals surface area contributed by atoms with Crippen LogP contribution in [0.3, 0.4) is 0 Å². The fourth-order valence-electron chi connectivity index (χ4n) is 2.15. The Morgan fingerprint density at radius 2 is 2.00 bits per heavy atom. The first kappa shape index (κ1) is 17.7. The summed E-state index contributed by atoms with van der Waals surface area (Å²) in [5, 5.41) is 9.22. The Bertz CT molecular complexity index is 741. The summed E-state index contributed by atoms with van der Waals surface area (Å²) in [6.07, 6.45) is 0.956. The zero-order valence-electron chi connectivity index (χ0n) is 13.2. The van der Waals surface area contributed by atoms with Crippen LogP contribution in [-0.4, -0.2) is 29.1 Å². The molecule has 1 N–H and O–H groups in total. The van der Waals surface area contributed by atoms with Crippen molar-refractivity contribution in [3.05, 3.63) is 64.0 Å². The maximum Gasteiger partial charge on any atom is 0.320 e. The van der Waals surface area contributed by atoms with Crippen molar-refractivity contribution in [3.63, 3.8) is 0 Å². The monoisotopic (exact) mass is 335 g/mol. The maximum absolute atomic E-state index is 13.0. The number of rotatable bonds is 7. The first-order valence-corrected chi connectivity index (χ1v) is 7.41. The third-order valence-corrected chi connectivity index (χ3v) is 3.22. The van der Waals surface area contributed by atoms with Crippen LogP contribution in [0, 0.1) is 5.82 Å². The van der Waals surface area contributed by atoms with Gasteiger partial charge in [0.05, 0.1) is 19.7 Å². The molecule has 1 heterocycles. The number of aromatic hydroxyl groups is 1. The lowest BCUT2D eigenvalue weighted by molar-refractivity contribution is -0.144. The van der Waals surface area contributed by atoms with Crippen molar-refractivity contribution >= 4 is 5.97 Å². The maximum atomic E-state index is 13.0. The molecule has 128 valence electrons. The molecule has 24 heavy (non-hydrogen) atoms. The number of halogens is 1. The van der Waals surface area contributed by atoms with E-state index in [0.717, 1.165) is 17.9 Å². The van der Waals surface area contributed by atoms with Gasteiger partial charge in [-0.1, -0.05) is 12.1 Å². The molecule has 0 amide bonds. The first-order valence-electron chi connectivity index (χ1n) is 7.41. The van der Waals surface area contributed by atoms with E-state index in [1.54, 1.807) is 24.0 Å². The van der Waals surface area contributed by atoms with E-state index in [9.17, 15) is 19.1 Å². The first-order chi connectivity index (χ1) is 11.5. The molecule has 0 saturated carbocycles. The normalized spacial score (nSPS) is 10.8. The number of nitrogens with zero attached hydrogens (tertiary/aromatic N) is 1. The number of ether oxygens (including phenoxy) is 1. The van der Waals surface area contributed by atoms with Crippen molar-refractivity contribution in [3.8, 4) is 5.75 Å². The van der Waals surface area contributed by atoms with Crippen molar-refractivity contribution < 1.29 is 23.4 Å². The molecule has 0 fully saturated rings. The molecule has 1 aromatic carbocycles. The second-order valence-electron chi connectivity index (χ2n) is 5.17. The number of benzene rings is 1. The molecular weight excluding hydrogens is 317 g/mol. The Kier molecular flexibility index (Phi) is 6.08. The molecule has 2 aromatic rings. The van der Waals surface area contributed by atoms with Gasteiger partial charge in [-0.25, -0.2) is 4.39 Å². The summed E-state index contributed by atoms with van der Waals surface area (Å²) in [6, 6.07) is 7.05. The molecule has 0 spiro atoms. The van der Waals surface area contributed by atoms with Crippen molar-refractivity contribution in [2.45, 2.75) is 20.0 Å². The predicted octanol–water partition coefficient (Wildman–Crippen LogP) is 2.05. The summed E-state index contributed by atoms with van der Waals surface area (Å²) < 4.78 is 23.1. The third-order valence-electron chi connectivity index (χ3n) is 3.22. The Hall–Kier alpha value is -2.67. The Labute approximate surface area is 138 Å². The van der Waals surface area contributed by atoms with E-state index in [-0.39, 0.29) is 25.5 Å². The van der Waals surface area contributed by atoms with Crippen molar-refractivity contribution in [1.29, 1.82) is 0 Å². The number of hydrogen-bond donors (Lipinski definition) is 1. The van der Waals surface area contributed by atoms with E-state index in [1.807, 2.05) is 0 Å². The van der Waals surface area contributed by atoms with Gasteiger partial charge in [0.1, 0.15) is 17.8 Å². The molecule has 0 saturated heterocycles.